The van der Waals surface area contributed by atoms with E-state index in [0.29, 0.717) is 21.5 Å². The molecule has 0 saturated carbocycles. The fraction of sp³-hybridized carbons (Fsp3) is 0.143. The van der Waals surface area contributed by atoms with Crippen molar-refractivity contribution in [3.8, 4) is 0 Å². The molecular formula is C14H12BrF3N2. The molecule has 2 nitrogen and oxygen atoms in total. The van der Waals surface area contributed by atoms with Crippen molar-refractivity contribution in [3.63, 3.8) is 0 Å². The summed E-state index contributed by atoms with van der Waals surface area (Å²) < 4.78 is 38.8. The van der Waals surface area contributed by atoms with E-state index in [2.05, 4.69) is 21.2 Å². The Kier molecular flexibility index (Phi) is 3.94. The van der Waals surface area contributed by atoms with Crippen molar-refractivity contribution in [2.75, 3.05) is 11.1 Å². The van der Waals surface area contributed by atoms with Gasteiger partial charge in [0, 0.05) is 15.8 Å². The van der Waals surface area contributed by atoms with Crippen molar-refractivity contribution in [3.05, 3.63) is 52.0 Å². The number of nitrogen functional groups attached to an aromatic ring is 1. The van der Waals surface area contributed by atoms with Gasteiger partial charge < -0.3 is 11.1 Å². The molecule has 0 amide bonds. The largest absolute Gasteiger partial charge is 0.416 e. The van der Waals surface area contributed by atoms with E-state index in [0.717, 1.165) is 17.7 Å². The molecule has 3 N–H and O–H groups in total. The van der Waals surface area contributed by atoms with Gasteiger partial charge in [0.2, 0.25) is 0 Å². The van der Waals surface area contributed by atoms with E-state index in [-0.39, 0.29) is 0 Å². The quantitative estimate of drug-likeness (QED) is 0.743. The van der Waals surface area contributed by atoms with Gasteiger partial charge >= 0.3 is 6.18 Å². The lowest BCUT2D eigenvalue weighted by molar-refractivity contribution is -0.137. The lowest BCUT2D eigenvalue weighted by Crippen LogP contribution is -2.06. The first-order valence-corrected chi connectivity index (χ1v) is 6.56. The van der Waals surface area contributed by atoms with Crippen molar-refractivity contribution < 1.29 is 13.2 Å². The van der Waals surface area contributed by atoms with Gasteiger partial charge in [0.15, 0.2) is 0 Å². The molecule has 0 unspecified atom stereocenters. The molecule has 0 radical (unpaired) electrons. The first-order chi connectivity index (χ1) is 9.27. The Hall–Kier alpha value is -1.69. The van der Waals surface area contributed by atoms with Gasteiger partial charge in [-0.25, -0.2) is 0 Å². The van der Waals surface area contributed by atoms with E-state index in [4.69, 9.17) is 5.73 Å². The van der Waals surface area contributed by atoms with E-state index < -0.39 is 11.7 Å². The van der Waals surface area contributed by atoms with Gasteiger partial charge in [-0.1, -0.05) is 6.07 Å². The third-order valence-corrected chi connectivity index (χ3v) is 3.48. The molecule has 0 spiro atoms. The minimum Gasteiger partial charge on any atom is -0.399 e. The van der Waals surface area contributed by atoms with Crippen LogP contribution in [0, 0.1) is 6.92 Å². The number of aryl methyl sites for hydroxylation is 1. The minimum atomic E-state index is -4.36. The fourth-order valence-corrected chi connectivity index (χ4v) is 2.21. The SMILES string of the molecule is Cc1ccc(C(F)(F)F)cc1Nc1ccc(N)cc1Br. The summed E-state index contributed by atoms with van der Waals surface area (Å²) in [4.78, 5) is 0. The number of anilines is 3. The predicted molar refractivity (Wildman–Crippen MR) is 78.0 cm³/mol. The van der Waals surface area contributed by atoms with Crippen LogP contribution >= 0.6 is 15.9 Å². The average molecular weight is 345 g/mol. The van der Waals surface area contributed by atoms with Gasteiger partial charge in [-0.05, 0) is 58.7 Å². The summed E-state index contributed by atoms with van der Waals surface area (Å²) in [6.07, 6.45) is -4.36. The van der Waals surface area contributed by atoms with E-state index in [1.54, 1.807) is 25.1 Å². The Labute approximate surface area is 122 Å². The number of hydrogen-bond donors (Lipinski definition) is 2. The first kappa shape index (κ1) is 14.7. The molecule has 0 aliphatic heterocycles. The van der Waals surface area contributed by atoms with Crippen LogP contribution in [-0.2, 0) is 6.18 Å². The summed E-state index contributed by atoms with van der Waals surface area (Å²) >= 11 is 3.32. The summed E-state index contributed by atoms with van der Waals surface area (Å²) in [6, 6.07) is 8.67. The zero-order chi connectivity index (χ0) is 14.9. The lowest BCUT2D eigenvalue weighted by atomic mass is 10.1. The van der Waals surface area contributed by atoms with E-state index in [1.807, 2.05) is 0 Å². The minimum absolute atomic E-state index is 0.408. The Bertz CT molecular complexity index is 639. The molecular weight excluding hydrogens is 333 g/mol. The number of nitrogens with one attached hydrogen (secondary N) is 1. The van der Waals surface area contributed by atoms with Gasteiger partial charge in [-0.2, -0.15) is 13.2 Å². The zero-order valence-electron chi connectivity index (χ0n) is 10.6. The topological polar surface area (TPSA) is 38.0 Å². The van der Waals surface area contributed by atoms with Gasteiger partial charge in [0.05, 0.1) is 11.3 Å². The van der Waals surface area contributed by atoms with E-state index in [9.17, 15) is 13.2 Å². The molecule has 0 fully saturated rings. The van der Waals surface area contributed by atoms with Crippen LogP contribution in [0.4, 0.5) is 30.2 Å². The number of hydrogen-bond acceptors (Lipinski definition) is 2. The first-order valence-electron chi connectivity index (χ1n) is 5.77. The zero-order valence-corrected chi connectivity index (χ0v) is 12.1. The molecule has 0 atom stereocenters. The number of rotatable bonds is 2. The predicted octanol–water partition coefficient (Wildman–Crippen LogP) is 5.10. The summed E-state index contributed by atoms with van der Waals surface area (Å²) in [5.41, 5.74) is 7.30. The molecule has 2 rings (SSSR count). The number of halogens is 4. The summed E-state index contributed by atoms with van der Waals surface area (Å²) in [5, 5.41) is 2.98. The summed E-state index contributed by atoms with van der Waals surface area (Å²) in [5.74, 6) is 0. The second-order valence-electron chi connectivity index (χ2n) is 4.39. The van der Waals surface area contributed by atoms with Crippen LogP contribution in [0.5, 0.6) is 0 Å². The molecule has 20 heavy (non-hydrogen) atoms. The van der Waals surface area contributed by atoms with Crippen LogP contribution in [0.2, 0.25) is 0 Å². The highest BCUT2D eigenvalue weighted by Crippen LogP contribution is 2.34. The molecule has 2 aromatic carbocycles. The Morgan fingerprint density at radius 1 is 1.05 bits per heavy atom. The summed E-state index contributed by atoms with van der Waals surface area (Å²) in [7, 11) is 0. The number of alkyl halides is 3. The van der Waals surface area contributed by atoms with Crippen LogP contribution < -0.4 is 11.1 Å². The molecule has 106 valence electrons. The maximum Gasteiger partial charge on any atom is 0.416 e. The average Bonchev–Trinajstić information content (AvgIpc) is 2.33. The van der Waals surface area contributed by atoms with Crippen molar-refractivity contribution in [1.82, 2.24) is 0 Å². The summed E-state index contributed by atoms with van der Waals surface area (Å²) in [6.45, 7) is 1.74. The molecule has 0 saturated heterocycles. The second-order valence-corrected chi connectivity index (χ2v) is 5.25. The Morgan fingerprint density at radius 2 is 1.75 bits per heavy atom. The maximum atomic E-state index is 12.7. The highest BCUT2D eigenvalue weighted by molar-refractivity contribution is 9.10. The van der Waals surface area contributed by atoms with Crippen LogP contribution in [0.3, 0.4) is 0 Å². The van der Waals surface area contributed by atoms with Gasteiger partial charge in [0.1, 0.15) is 0 Å². The van der Waals surface area contributed by atoms with E-state index >= 15 is 0 Å². The standard InChI is InChI=1S/C14H12BrF3N2/c1-8-2-3-9(14(16,17)18)6-13(8)20-12-5-4-10(19)7-11(12)15/h2-7,20H,19H2,1H3. The molecule has 0 aliphatic carbocycles. The molecule has 0 bridgehead atoms. The fourth-order valence-electron chi connectivity index (χ4n) is 1.71. The van der Waals surface area contributed by atoms with Crippen molar-refractivity contribution in [2.24, 2.45) is 0 Å². The van der Waals surface area contributed by atoms with Gasteiger partial charge in [-0.3, -0.25) is 0 Å². The Morgan fingerprint density at radius 3 is 2.35 bits per heavy atom. The second kappa shape index (κ2) is 5.36. The third-order valence-electron chi connectivity index (χ3n) is 2.83. The van der Waals surface area contributed by atoms with Crippen molar-refractivity contribution >= 4 is 33.0 Å². The van der Waals surface area contributed by atoms with Crippen LogP contribution in [0.15, 0.2) is 40.9 Å². The number of benzene rings is 2. The smallest absolute Gasteiger partial charge is 0.399 e. The normalized spacial score (nSPS) is 11.4. The molecule has 0 heterocycles. The highest BCUT2D eigenvalue weighted by atomic mass is 79.9. The van der Waals surface area contributed by atoms with Crippen molar-refractivity contribution in [2.45, 2.75) is 13.1 Å². The maximum absolute atomic E-state index is 12.7. The molecule has 0 aromatic heterocycles. The van der Waals surface area contributed by atoms with Crippen LogP contribution in [0.1, 0.15) is 11.1 Å². The molecule has 6 heteroatoms. The number of nitrogens with two attached hydrogens (primary N) is 1. The molecule has 0 aliphatic rings. The lowest BCUT2D eigenvalue weighted by Gasteiger charge is -2.14. The third kappa shape index (κ3) is 3.25. The van der Waals surface area contributed by atoms with Gasteiger partial charge in [-0.15, -0.1) is 0 Å². The van der Waals surface area contributed by atoms with E-state index in [1.165, 1.54) is 6.07 Å². The Balaban J connectivity index is 2.38. The van der Waals surface area contributed by atoms with Gasteiger partial charge in [0.25, 0.3) is 0 Å². The van der Waals surface area contributed by atoms with Crippen LogP contribution in [0.25, 0.3) is 0 Å². The monoisotopic (exact) mass is 344 g/mol. The molecule has 2 aromatic rings. The van der Waals surface area contributed by atoms with Crippen LogP contribution in [-0.4, -0.2) is 0 Å². The highest BCUT2D eigenvalue weighted by Gasteiger charge is 2.30. The van der Waals surface area contributed by atoms with Crippen molar-refractivity contribution in [1.29, 1.82) is 0 Å².